The van der Waals surface area contributed by atoms with Gasteiger partial charge >= 0.3 is 0 Å². The van der Waals surface area contributed by atoms with Gasteiger partial charge in [-0.3, -0.25) is 4.79 Å². The van der Waals surface area contributed by atoms with E-state index in [-0.39, 0.29) is 0 Å². The van der Waals surface area contributed by atoms with Gasteiger partial charge in [0.05, 0.1) is 0 Å². The van der Waals surface area contributed by atoms with Gasteiger partial charge in [-0.25, -0.2) is 0 Å². The normalized spacial score (nSPS) is 24.5. The van der Waals surface area contributed by atoms with Gasteiger partial charge < -0.3 is 0 Å². The zero-order valence-corrected chi connectivity index (χ0v) is 10.7. The molecular formula is C16H22O. The van der Waals surface area contributed by atoms with Crippen molar-refractivity contribution >= 4 is 6.29 Å². The molecule has 0 bridgehead atoms. The maximum absolute atomic E-state index is 10.7. The lowest BCUT2D eigenvalue weighted by Crippen LogP contribution is -2.17. The summed E-state index contributed by atoms with van der Waals surface area (Å²) in [5.74, 6) is 1.78. The standard InChI is InChI=1S/C16H22O/c1-13-5-2-3-8-16(13)10-9-14-6-4-7-15(11-14)12-17/h4,6-7,11-13,16H,2-3,5,8-10H2,1H3. The van der Waals surface area contributed by atoms with Crippen LogP contribution in [0.3, 0.4) is 0 Å². The highest BCUT2D eigenvalue weighted by atomic mass is 16.1. The number of aldehydes is 1. The second kappa shape index (κ2) is 6.00. The van der Waals surface area contributed by atoms with Crippen molar-refractivity contribution in [2.24, 2.45) is 11.8 Å². The molecule has 1 aromatic rings. The van der Waals surface area contributed by atoms with Crippen LogP contribution in [0, 0.1) is 11.8 Å². The Morgan fingerprint density at radius 3 is 2.88 bits per heavy atom. The first-order chi connectivity index (χ1) is 8.29. The summed E-state index contributed by atoms with van der Waals surface area (Å²) >= 11 is 0. The molecule has 1 heteroatoms. The Bertz CT molecular complexity index is 370. The molecular weight excluding hydrogens is 208 g/mol. The Kier molecular flexibility index (Phi) is 4.36. The lowest BCUT2D eigenvalue weighted by molar-refractivity contribution is 0.112. The van der Waals surface area contributed by atoms with Crippen LogP contribution >= 0.6 is 0 Å². The van der Waals surface area contributed by atoms with Crippen molar-refractivity contribution < 1.29 is 4.79 Å². The van der Waals surface area contributed by atoms with E-state index < -0.39 is 0 Å². The smallest absolute Gasteiger partial charge is 0.150 e. The van der Waals surface area contributed by atoms with Crippen LogP contribution in [0.1, 0.15) is 54.9 Å². The molecule has 92 valence electrons. The van der Waals surface area contributed by atoms with Crippen LogP contribution in [-0.2, 0) is 6.42 Å². The van der Waals surface area contributed by atoms with E-state index in [1.807, 2.05) is 18.2 Å². The largest absolute Gasteiger partial charge is 0.298 e. The van der Waals surface area contributed by atoms with Crippen molar-refractivity contribution in [2.45, 2.75) is 45.4 Å². The fraction of sp³-hybridized carbons (Fsp3) is 0.562. The van der Waals surface area contributed by atoms with E-state index in [0.717, 1.165) is 30.1 Å². The maximum Gasteiger partial charge on any atom is 0.150 e. The Morgan fingerprint density at radius 2 is 2.12 bits per heavy atom. The van der Waals surface area contributed by atoms with Gasteiger partial charge in [-0.2, -0.15) is 0 Å². The van der Waals surface area contributed by atoms with Gasteiger partial charge in [0.2, 0.25) is 0 Å². The van der Waals surface area contributed by atoms with E-state index in [1.165, 1.54) is 37.7 Å². The van der Waals surface area contributed by atoms with Crippen LogP contribution in [-0.4, -0.2) is 6.29 Å². The number of rotatable bonds is 4. The molecule has 0 amide bonds. The van der Waals surface area contributed by atoms with Crippen LogP contribution in [0.5, 0.6) is 0 Å². The summed E-state index contributed by atoms with van der Waals surface area (Å²) in [6.45, 7) is 2.39. The fourth-order valence-electron chi connectivity index (χ4n) is 3.00. The van der Waals surface area contributed by atoms with E-state index in [0.29, 0.717) is 0 Å². The van der Waals surface area contributed by atoms with Gasteiger partial charge in [0, 0.05) is 5.56 Å². The SMILES string of the molecule is CC1CCCCC1CCc1cccc(C=O)c1. The predicted molar refractivity (Wildman–Crippen MR) is 71.3 cm³/mol. The summed E-state index contributed by atoms with van der Waals surface area (Å²) in [4.78, 5) is 10.7. The van der Waals surface area contributed by atoms with E-state index in [1.54, 1.807) is 0 Å². The van der Waals surface area contributed by atoms with Crippen LogP contribution < -0.4 is 0 Å². The predicted octanol–water partition coefficient (Wildman–Crippen LogP) is 4.26. The summed E-state index contributed by atoms with van der Waals surface area (Å²) in [6, 6.07) is 8.03. The molecule has 1 saturated carbocycles. The topological polar surface area (TPSA) is 17.1 Å². The molecule has 1 aliphatic rings. The first-order valence-electron chi connectivity index (χ1n) is 6.83. The van der Waals surface area contributed by atoms with Crippen LogP contribution in [0.15, 0.2) is 24.3 Å². The molecule has 0 N–H and O–H groups in total. The average Bonchev–Trinajstić information content (AvgIpc) is 2.38. The molecule has 0 spiro atoms. The van der Waals surface area contributed by atoms with E-state index in [4.69, 9.17) is 0 Å². The third-order valence-corrected chi connectivity index (χ3v) is 4.18. The number of aryl methyl sites for hydroxylation is 1. The highest BCUT2D eigenvalue weighted by Crippen LogP contribution is 2.32. The minimum Gasteiger partial charge on any atom is -0.298 e. The van der Waals surface area contributed by atoms with Crippen LogP contribution in [0.25, 0.3) is 0 Å². The molecule has 0 radical (unpaired) electrons. The van der Waals surface area contributed by atoms with Gasteiger partial charge in [0.1, 0.15) is 6.29 Å². The molecule has 1 aromatic carbocycles. The molecule has 17 heavy (non-hydrogen) atoms. The third-order valence-electron chi connectivity index (χ3n) is 4.18. The van der Waals surface area contributed by atoms with Crippen molar-refractivity contribution in [3.8, 4) is 0 Å². The Balaban J connectivity index is 1.90. The summed E-state index contributed by atoms with van der Waals surface area (Å²) in [5, 5.41) is 0. The Morgan fingerprint density at radius 1 is 1.29 bits per heavy atom. The molecule has 1 aliphatic carbocycles. The highest BCUT2D eigenvalue weighted by Gasteiger charge is 2.20. The van der Waals surface area contributed by atoms with Crippen molar-refractivity contribution in [3.63, 3.8) is 0 Å². The van der Waals surface area contributed by atoms with Crippen molar-refractivity contribution in [2.75, 3.05) is 0 Å². The molecule has 2 atom stereocenters. The summed E-state index contributed by atoms with van der Waals surface area (Å²) in [6.07, 6.45) is 8.96. The molecule has 0 aliphatic heterocycles. The maximum atomic E-state index is 10.7. The molecule has 1 nitrogen and oxygen atoms in total. The molecule has 0 saturated heterocycles. The molecule has 0 aromatic heterocycles. The van der Waals surface area contributed by atoms with Gasteiger partial charge in [-0.05, 0) is 36.3 Å². The monoisotopic (exact) mass is 230 g/mol. The van der Waals surface area contributed by atoms with Crippen LogP contribution in [0.4, 0.5) is 0 Å². The lowest BCUT2D eigenvalue weighted by atomic mass is 9.77. The summed E-state index contributed by atoms with van der Waals surface area (Å²) in [5.41, 5.74) is 2.12. The van der Waals surface area contributed by atoms with Crippen LogP contribution in [0.2, 0.25) is 0 Å². The number of carbonyl (C=O) groups is 1. The number of hydrogen-bond donors (Lipinski definition) is 0. The second-order valence-electron chi connectivity index (χ2n) is 5.42. The number of hydrogen-bond acceptors (Lipinski definition) is 1. The first-order valence-corrected chi connectivity index (χ1v) is 6.83. The average molecular weight is 230 g/mol. The van der Waals surface area contributed by atoms with Gasteiger partial charge in [-0.1, -0.05) is 50.8 Å². The molecule has 2 unspecified atom stereocenters. The minimum absolute atomic E-state index is 0.805. The van der Waals surface area contributed by atoms with Crippen molar-refractivity contribution in [1.82, 2.24) is 0 Å². The fourth-order valence-corrected chi connectivity index (χ4v) is 3.00. The Labute approximate surface area is 104 Å². The summed E-state index contributed by atoms with van der Waals surface area (Å²) in [7, 11) is 0. The molecule has 1 fully saturated rings. The van der Waals surface area contributed by atoms with E-state index in [2.05, 4.69) is 13.0 Å². The quantitative estimate of drug-likeness (QED) is 0.706. The molecule has 0 heterocycles. The summed E-state index contributed by atoms with van der Waals surface area (Å²) < 4.78 is 0. The van der Waals surface area contributed by atoms with Crippen molar-refractivity contribution in [1.29, 1.82) is 0 Å². The van der Waals surface area contributed by atoms with Gasteiger partial charge in [0.15, 0.2) is 0 Å². The number of carbonyl (C=O) groups excluding carboxylic acids is 1. The zero-order valence-electron chi connectivity index (χ0n) is 10.7. The van der Waals surface area contributed by atoms with Crippen molar-refractivity contribution in [3.05, 3.63) is 35.4 Å². The van der Waals surface area contributed by atoms with E-state index in [9.17, 15) is 4.79 Å². The first kappa shape index (κ1) is 12.3. The Hall–Kier alpha value is -1.11. The lowest BCUT2D eigenvalue weighted by Gasteiger charge is -2.28. The zero-order chi connectivity index (χ0) is 12.1. The second-order valence-corrected chi connectivity index (χ2v) is 5.42. The molecule has 2 rings (SSSR count). The minimum atomic E-state index is 0.805. The number of benzene rings is 1. The van der Waals surface area contributed by atoms with E-state index >= 15 is 0 Å². The highest BCUT2D eigenvalue weighted by molar-refractivity contribution is 5.74. The van der Waals surface area contributed by atoms with Gasteiger partial charge in [-0.15, -0.1) is 0 Å². The third kappa shape index (κ3) is 3.42. The van der Waals surface area contributed by atoms with Gasteiger partial charge in [0.25, 0.3) is 0 Å².